The molecule has 3 atom stereocenters. The lowest BCUT2D eigenvalue weighted by molar-refractivity contribution is -0.118. The molecule has 0 amide bonds. The normalized spacial score (nSPS) is 34.5. The number of hydrogen-bond acceptors (Lipinski definition) is 1. The van der Waals surface area contributed by atoms with E-state index in [2.05, 4.69) is 13.8 Å². The number of carbonyl (C=O) groups is 1. The van der Waals surface area contributed by atoms with E-state index in [-0.39, 0.29) is 0 Å². The average molecular weight is 182 g/mol. The van der Waals surface area contributed by atoms with Gasteiger partial charge in [-0.25, -0.2) is 0 Å². The molecule has 0 aromatic rings. The van der Waals surface area contributed by atoms with Crippen molar-refractivity contribution in [3.8, 4) is 0 Å². The topological polar surface area (TPSA) is 17.1 Å². The molecule has 13 heavy (non-hydrogen) atoms. The Balaban J connectivity index is 2.40. The monoisotopic (exact) mass is 182 g/mol. The van der Waals surface area contributed by atoms with Crippen LogP contribution in [-0.4, -0.2) is 5.78 Å². The van der Waals surface area contributed by atoms with Crippen LogP contribution in [0.25, 0.3) is 0 Å². The van der Waals surface area contributed by atoms with Crippen molar-refractivity contribution in [2.75, 3.05) is 0 Å². The molecule has 1 nitrogen and oxygen atoms in total. The highest BCUT2D eigenvalue weighted by atomic mass is 16.1. The Morgan fingerprint density at radius 2 is 2.08 bits per heavy atom. The summed E-state index contributed by atoms with van der Waals surface area (Å²) in [7, 11) is 0. The van der Waals surface area contributed by atoms with Gasteiger partial charge in [-0.15, -0.1) is 0 Å². The zero-order chi connectivity index (χ0) is 9.84. The van der Waals surface area contributed by atoms with E-state index in [1.165, 1.54) is 25.7 Å². The molecular formula is C12H22O. The molecule has 0 radical (unpaired) electrons. The Hall–Kier alpha value is -0.330. The Morgan fingerprint density at radius 3 is 2.62 bits per heavy atom. The molecule has 1 fully saturated rings. The minimum atomic E-state index is 0.370. The van der Waals surface area contributed by atoms with E-state index < -0.39 is 0 Å². The molecule has 0 aromatic heterocycles. The third-order valence-electron chi connectivity index (χ3n) is 3.57. The van der Waals surface area contributed by atoms with Crippen LogP contribution in [0.5, 0.6) is 0 Å². The van der Waals surface area contributed by atoms with Crippen molar-refractivity contribution in [1.82, 2.24) is 0 Å². The van der Waals surface area contributed by atoms with Gasteiger partial charge in [-0.2, -0.15) is 0 Å². The van der Waals surface area contributed by atoms with E-state index in [0.29, 0.717) is 11.7 Å². The van der Waals surface area contributed by atoms with Crippen molar-refractivity contribution in [3.63, 3.8) is 0 Å². The number of carbonyl (C=O) groups excluding carboxylic acids is 1. The lowest BCUT2D eigenvalue weighted by Crippen LogP contribution is -2.23. The summed E-state index contributed by atoms with van der Waals surface area (Å²) >= 11 is 0. The average Bonchev–Trinajstić information content (AvgIpc) is 2.07. The maximum atomic E-state index is 11.0. The van der Waals surface area contributed by atoms with Gasteiger partial charge < -0.3 is 4.79 Å². The Bertz CT molecular complexity index is 174. The van der Waals surface area contributed by atoms with Gasteiger partial charge in [-0.3, -0.25) is 0 Å². The van der Waals surface area contributed by atoms with E-state index in [1.807, 2.05) is 0 Å². The molecule has 1 rings (SSSR count). The van der Waals surface area contributed by atoms with Crippen molar-refractivity contribution in [2.45, 2.75) is 52.9 Å². The molecule has 76 valence electrons. The summed E-state index contributed by atoms with van der Waals surface area (Å²) in [6, 6.07) is 0. The van der Waals surface area contributed by atoms with Crippen LogP contribution in [0.15, 0.2) is 0 Å². The van der Waals surface area contributed by atoms with E-state index in [4.69, 9.17) is 0 Å². The first-order chi connectivity index (χ1) is 6.13. The highest BCUT2D eigenvalue weighted by Crippen LogP contribution is 2.36. The molecule has 0 bridgehead atoms. The molecule has 0 aliphatic heterocycles. The van der Waals surface area contributed by atoms with Crippen LogP contribution in [0.3, 0.4) is 0 Å². The fourth-order valence-corrected chi connectivity index (χ4v) is 2.67. The zero-order valence-corrected chi connectivity index (χ0v) is 9.18. The van der Waals surface area contributed by atoms with Gasteiger partial charge in [-0.05, 0) is 37.5 Å². The fraction of sp³-hybridized carbons (Fsp3) is 0.917. The molecule has 0 heterocycles. The Morgan fingerprint density at radius 1 is 1.38 bits per heavy atom. The van der Waals surface area contributed by atoms with Crippen molar-refractivity contribution in [3.05, 3.63) is 0 Å². The molecule has 0 saturated heterocycles. The lowest BCUT2D eigenvalue weighted by Gasteiger charge is -2.33. The molecule has 1 aliphatic carbocycles. The number of rotatable bonds is 3. The van der Waals surface area contributed by atoms with Gasteiger partial charge in [0.1, 0.15) is 5.78 Å². The molecule has 1 aliphatic rings. The van der Waals surface area contributed by atoms with Crippen LogP contribution in [0, 0.1) is 17.8 Å². The summed E-state index contributed by atoms with van der Waals surface area (Å²) in [5, 5.41) is 0. The predicted molar refractivity (Wildman–Crippen MR) is 55.6 cm³/mol. The molecule has 0 aromatic carbocycles. The third kappa shape index (κ3) is 3.13. The maximum Gasteiger partial charge on any atom is 0.130 e. The molecule has 1 heteroatoms. The van der Waals surface area contributed by atoms with Crippen LogP contribution >= 0.6 is 0 Å². The van der Waals surface area contributed by atoms with Crippen molar-refractivity contribution in [2.24, 2.45) is 17.8 Å². The fourth-order valence-electron chi connectivity index (χ4n) is 2.67. The molecule has 1 saturated carbocycles. The van der Waals surface area contributed by atoms with Gasteiger partial charge in [0.05, 0.1) is 0 Å². The van der Waals surface area contributed by atoms with Gasteiger partial charge in [-0.1, -0.05) is 26.7 Å². The van der Waals surface area contributed by atoms with Gasteiger partial charge in [0, 0.05) is 6.42 Å². The first-order valence-electron chi connectivity index (χ1n) is 5.62. The summed E-state index contributed by atoms with van der Waals surface area (Å²) in [6.07, 6.45) is 6.00. The Kier molecular flexibility index (Phi) is 3.95. The zero-order valence-electron chi connectivity index (χ0n) is 9.18. The second-order valence-electron chi connectivity index (χ2n) is 4.73. The highest BCUT2D eigenvalue weighted by Gasteiger charge is 2.26. The van der Waals surface area contributed by atoms with E-state index in [9.17, 15) is 4.79 Å². The molecule has 0 N–H and O–H groups in total. The Labute approximate surface area is 81.9 Å². The highest BCUT2D eigenvalue weighted by molar-refractivity contribution is 5.75. The van der Waals surface area contributed by atoms with Gasteiger partial charge >= 0.3 is 0 Å². The third-order valence-corrected chi connectivity index (χ3v) is 3.57. The molecule has 3 unspecified atom stereocenters. The summed E-state index contributed by atoms with van der Waals surface area (Å²) in [5.41, 5.74) is 0. The summed E-state index contributed by atoms with van der Waals surface area (Å²) in [6.45, 7) is 6.36. The van der Waals surface area contributed by atoms with Crippen LogP contribution in [0.1, 0.15) is 52.9 Å². The standard InChI is InChI=1S/C12H22O/c1-4-12-8-11(7-10(3)13)6-5-9(12)2/h9,11-12H,4-8H2,1-3H3. The van der Waals surface area contributed by atoms with Crippen LogP contribution in [-0.2, 0) is 4.79 Å². The second kappa shape index (κ2) is 4.78. The predicted octanol–water partition coefficient (Wildman–Crippen LogP) is 3.43. The van der Waals surface area contributed by atoms with E-state index >= 15 is 0 Å². The number of ketones is 1. The minimum absolute atomic E-state index is 0.370. The number of Topliss-reactive ketones (excluding diaryl/α,β-unsaturated/α-hetero) is 1. The van der Waals surface area contributed by atoms with Crippen LogP contribution < -0.4 is 0 Å². The van der Waals surface area contributed by atoms with E-state index in [1.54, 1.807) is 6.92 Å². The lowest BCUT2D eigenvalue weighted by atomic mass is 9.72. The van der Waals surface area contributed by atoms with Gasteiger partial charge in [0.15, 0.2) is 0 Å². The van der Waals surface area contributed by atoms with Crippen molar-refractivity contribution >= 4 is 5.78 Å². The summed E-state index contributed by atoms with van der Waals surface area (Å²) < 4.78 is 0. The molecule has 0 spiro atoms. The van der Waals surface area contributed by atoms with Gasteiger partial charge in [0.25, 0.3) is 0 Å². The quantitative estimate of drug-likeness (QED) is 0.653. The van der Waals surface area contributed by atoms with E-state index in [0.717, 1.165) is 18.3 Å². The van der Waals surface area contributed by atoms with Crippen LogP contribution in [0.2, 0.25) is 0 Å². The maximum absolute atomic E-state index is 11.0. The minimum Gasteiger partial charge on any atom is -0.300 e. The van der Waals surface area contributed by atoms with Crippen LogP contribution in [0.4, 0.5) is 0 Å². The van der Waals surface area contributed by atoms with Crippen molar-refractivity contribution < 1.29 is 4.79 Å². The summed E-state index contributed by atoms with van der Waals surface area (Å²) in [4.78, 5) is 11.0. The first kappa shape index (κ1) is 10.7. The number of hydrogen-bond donors (Lipinski definition) is 0. The largest absolute Gasteiger partial charge is 0.300 e. The van der Waals surface area contributed by atoms with Crippen molar-refractivity contribution in [1.29, 1.82) is 0 Å². The second-order valence-corrected chi connectivity index (χ2v) is 4.73. The SMILES string of the molecule is CCC1CC(CC(C)=O)CCC1C. The summed E-state index contributed by atoms with van der Waals surface area (Å²) in [5.74, 6) is 2.82. The smallest absolute Gasteiger partial charge is 0.130 e. The molecular weight excluding hydrogens is 160 g/mol. The first-order valence-corrected chi connectivity index (χ1v) is 5.62. The van der Waals surface area contributed by atoms with Gasteiger partial charge in [0.2, 0.25) is 0 Å².